The van der Waals surface area contributed by atoms with Crippen LogP contribution < -0.4 is 5.32 Å². The SMILES string of the molecule is O=C(Nc1ccccc1)OCc1ccc(Br)s1. The van der Waals surface area contributed by atoms with Gasteiger partial charge in [-0.2, -0.15) is 0 Å². The maximum atomic E-state index is 11.5. The highest BCUT2D eigenvalue weighted by Gasteiger charge is 2.04. The minimum atomic E-state index is -0.444. The summed E-state index contributed by atoms with van der Waals surface area (Å²) in [6.45, 7) is 0.287. The van der Waals surface area contributed by atoms with Gasteiger partial charge in [-0.05, 0) is 40.2 Å². The first-order valence-corrected chi connectivity index (χ1v) is 6.58. The predicted octanol–water partition coefficient (Wildman–Crippen LogP) is 4.26. The zero-order valence-corrected chi connectivity index (χ0v) is 11.3. The quantitative estimate of drug-likeness (QED) is 0.919. The molecule has 1 aromatic heterocycles. The fourth-order valence-corrected chi connectivity index (χ4v) is 2.64. The van der Waals surface area contributed by atoms with Gasteiger partial charge in [0.1, 0.15) is 6.61 Å². The minimum Gasteiger partial charge on any atom is -0.444 e. The monoisotopic (exact) mass is 311 g/mol. The summed E-state index contributed by atoms with van der Waals surface area (Å²) in [5.74, 6) is 0. The van der Waals surface area contributed by atoms with Gasteiger partial charge in [-0.3, -0.25) is 5.32 Å². The molecule has 1 aromatic carbocycles. The number of amides is 1. The molecule has 0 bridgehead atoms. The zero-order valence-electron chi connectivity index (χ0n) is 8.85. The lowest BCUT2D eigenvalue weighted by atomic mass is 10.3. The molecule has 5 heteroatoms. The van der Waals surface area contributed by atoms with E-state index in [1.165, 1.54) is 0 Å². The smallest absolute Gasteiger partial charge is 0.411 e. The molecule has 0 fully saturated rings. The molecule has 0 aliphatic rings. The first-order valence-electron chi connectivity index (χ1n) is 4.97. The number of carbonyl (C=O) groups excluding carboxylic acids is 1. The summed E-state index contributed by atoms with van der Waals surface area (Å²) in [5.41, 5.74) is 0.727. The summed E-state index contributed by atoms with van der Waals surface area (Å²) in [5, 5.41) is 2.65. The van der Waals surface area contributed by atoms with Gasteiger partial charge in [-0.15, -0.1) is 11.3 Å². The topological polar surface area (TPSA) is 38.3 Å². The van der Waals surface area contributed by atoms with E-state index < -0.39 is 6.09 Å². The van der Waals surface area contributed by atoms with Crippen LogP contribution in [-0.4, -0.2) is 6.09 Å². The Bertz CT molecular complexity index is 498. The highest BCUT2D eigenvalue weighted by Crippen LogP contribution is 2.22. The molecule has 2 rings (SSSR count). The number of hydrogen-bond donors (Lipinski definition) is 1. The molecule has 0 unspecified atom stereocenters. The van der Waals surface area contributed by atoms with E-state index in [0.29, 0.717) is 0 Å². The Balaban J connectivity index is 1.82. The van der Waals surface area contributed by atoms with E-state index in [1.807, 2.05) is 42.5 Å². The van der Waals surface area contributed by atoms with Crippen molar-refractivity contribution in [3.63, 3.8) is 0 Å². The fourth-order valence-electron chi connectivity index (χ4n) is 1.24. The van der Waals surface area contributed by atoms with Gasteiger partial charge >= 0.3 is 6.09 Å². The minimum absolute atomic E-state index is 0.287. The van der Waals surface area contributed by atoms with E-state index in [2.05, 4.69) is 21.2 Å². The van der Waals surface area contributed by atoms with Crippen LogP contribution in [0, 0.1) is 0 Å². The van der Waals surface area contributed by atoms with Gasteiger partial charge in [-0.25, -0.2) is 4.79 Å². The Hall–Kier alpha value is -1.33. The van der Waals surface area contributed by atoms with Gasteiger partial charge in [0.15, 0.2) is 0 Å². The van der Waals surface area contributed by atoms with Crippen molar-refractivity contribution < 1.29 is 9.53 Å². The van der Waals surface area contributed by atoms with Crippen molar-refractivity contribution in [2.24, 2.45) is 0 Å². The van der Waals surface area contributed by atoms with Gasteiger partial charge in [0.2, 0.25) is 0 Å². The van der Waals surface area contributed by atoms with Crippen LogP contribution in [0.3, 0.4) is 0 Å². The lowest BCUT2D eigenvalue weighted by Gasteiger charge is -2.05. The van der Waals surface area contributed by atoms with E-state index in [-0.39, 0.29) is 6.61 Å². The van der Waals surface area contributed by atoms with Crippen LogP contribution in [0.1, 0.15) is 4.88 Å². The molecule has 3 nitrogen and oxygen atoms in total. The van der Waals surface area contributed by atoms with Gasteiger partial charge in [0.25, 0.3) is 0 Å². The summed E-state index contributed by atoms with van der Waals surface area (Å²) >= 11 is 4.90. The van der Waals surface area contributed by atoms with Crippen LogP contribution in [-0.2, 0) is 11.3 Å². The second kappa shape index (κ2) is 5.84. The lowest BCUT2D eigenvalue weighted by Crippen LogP contribution is -2.12. The zero-order chi connectivity index (χ0) is 12.1. The van der Waals surface area contributed by atoms with E-state index in [0.717, 1.165) is 14.4 Å². The number of nitrogens with one attached hydrogen (secondary N) is 1. The first kappa shape index (κ1) is 12.1. The van der Waals surface area contributed by atoms with Gasteiger partial charge < -0.3 is 4.74 Å². The van der Waals surface area contributed by atoms with Crippen molar-refractivity contribution in [2.75, 3.05) is 5.32 Å². The van der Waals surface area contributed by atoms with E-state index in [1.54, 1.807) is 11.3 Å². The Kier molecular flexibility index (Phi) is 4.17. The molecule has 88 valence electrons. The van der Waals surface area contributed by atoms with Crippen molar-refractivity contribution in [1.29, 1.82) is 0 Å². The van der Waals surface area contributed by atoms with Gasteiger partial charge in [0, 0.05) is 10.6 Å². The molecule has 0 aliphatic heterocycles. The van der Waals surface area contributed by atoms with Crippen molar-refractivity contribution in [3.8, 4) is 0 Å². The molecule has 17 heavy (non-hydrogen) atoms. The number of rotatable bonds is 3. The van der Waals surface area contributed by atoms with E-state index in [9.17, 15) is 4.79 Å². The third-order valence-electron chi connectivity index (χ3n) is 1.99. The Morgan fingerprint density at radius 3 is 2.65 bits per heavy atom. The fraction of sp³-hybridized carbons (Fsp3) is 0.0833. The number of thiophene rings is 1. The number of carbonyl (C=O) groups is 1. The predicted molar refractivity (Wildman–Crippen MR) is 72.3 cm³/mol. The number of para-hydroxylation sites is 1. The molecule has 1 N–H and O–H groups in total. The van der Waals surface area contributed by atoms with Crippen molar-refractivity contribution >= 4 is 39.0 Å². The number of benzene rings is 1. The maximum absolute atomic E-state index is 11.5. The second-order valence-electron chi connectivity index (χ2n) is 3.27. The first-order chi connectivity index (χ1) is 8.24. The summed E-state index contributed by atoms with van der Waals surface area (Å²) in [6.07, 6.45) is -0.444. The Morgan fingerprint density at radius 2 is 2.00 bits per heavy atom. The van der Waals surface area contributed by atoms with E-state index >= 15 is 0 Å². The third-order valence-corrected chi connectivity index (χ3v) is 3.59. The maximum Gasteiger partial charge on any atom is 0.411 e. The molecule has 2 aromatic rings. The largest absolute Gasteiger partial charge is 0.444 e. The number of hydrogen-bond acceptors (Lipinski definition) is 3. The van der Waals surface area contributed by atoms with Crippen molar-refractivity contribution in [3.05, 3.63) is 51.1 Å². The van der Waals surface area contributed by atoms with Crippen LogP contribution in [0.25, 0.3) is 0 Å². The van der Waals surface area contributed by atoms with Crippen LogP contribution in [0.15, 0.2) is 46.3 Å². The molecule has 0 aliphatic carbocycles. The molecule has 0 saturated heterocycles. The Labute approximate surface area is 112 Å². The molecule has 1 heterocycles. The van der Waals surface area contributed by atoms with Crippen molar-refractivity contribution in [2.45, 2.75) is 6.61 Å². The third kappa shape index (κ3) is 3.87. The lowest BCUT2D eigenvalue weighted by molar-refractivity contribution is 0.156. The van der Waals surface area contributed by atoms with Gasteiger partial charge in [-0.1, -0.05) is 18.2 Å². The van der Waals surface area contributed by atoms with Crippen LogP contribution in [0.2, 0.25) is 0 Å². The molecular weight excluding hydrogens is 302 g/mol. The Morgan fingerprint density at radius 1 is 1.24 bits per heavy atom. The van der Waals surface area contributed by atoms with Crippen LogP contribution >= 0.6 is 27.3 Å². The van der Waals surface area contributed by atoms with Gasteiger partial charge in [0.05, 0.1) is 3.79 Å². The average Bonchev–Trinajstić information content (AvgIpc) is 2.74. The number of anilines is 1. The molecular formula is C12H10BrNO2S. The van der Waals surface area contributed by atoms with Crippen LogP contribution in [0.5, 0.6) is 0 Å². The molecule has 1 amide bonds. The van der Waals surface area contributed by atoms with E-state index in [4.69, 9.17) is 4.74 Å². The van der Waals surface area contributed by atoms with Crippen molar-refractivity contribution in [1.82, 2.24) is 0 Å². The molecule has 0 radical (unpaired) electrons. The molecule has 0 spiro atoms. The summed E-state index contributed by atoms with van der Waals surface area (Å²) in [7, 11) is 0. The standard InChI is InChI=1S/C12H10BrNO2S/c13-11-7-6-10(17-11)8-16-12(15)14-9-4-2-1-3-5-9/h1-7H,8H2,(H,14,15). The molecule has 0 saturated carbocycles. The number of ether oxygens (including phenoxy) is 1. The number of halogens is 1. The molecule has 0 atom stereocenters. The second-order valence-corrected chi connectivity index (χ2v) is 5.82. The average molecular weight is 312 g/mol. The highest BCUT2D eigenvalue weighted by atomic mass is 79.9. The van der Waals surface area contributed by atoms with Crippen LogP contribution in [0.4, 0.5) is 10.5 Å². The summed E-state index contributed by atoms with van der Waals surface area (Å²) < 4.78 is 6.11. The summed E-state index contributed by atoms with van der Waals surface area (Å²) in [4.78, 5) is 12.5. The normalized spacial score (nSPS) is 9.94. The highest BCUT2D eigenvalue weighted by molar-refractivity contribution is 9.11. The summed E-state index contributed by atoms with van der Waals surface area (Å²) in [6, 6.07) is 13.1.